The predicted octanol–water partition coefficient (Wildman–Crippen LogP) is 0.744. The molecule has 0 aliphatic heterocycles. The fourth-order valence-electron chi connectivity index (χ4n) is 1.53. The zero-order valence-corrected chi connectivity index (χ0v) is 8.55. The van der Waals surface area contributed by atoms with Gasteiger partial charge in [-0.1, -0.05) is 18.2 Å². The molecular formula is C11H13N3O. The van der Waals surface area contributed by atoms with Crippen LogP contribution in [-0.4, -0.2) is 15.8 Å². The van der Waals surface area contributed by atoms with Gasteiger partial charge in [0.2, 0.25) is 0 Å². The van der Waals surface area contributed by atoms with Crippen molar-refractivity contribution in [1.29, 1.82) is 0 Å². The van der Waals surface area contributed by atoms with Crippen LogP contribution >= 0.6 is 0 Å². The Morgan fingerprint density at radius 2 is 2.20 bits per heavy atom. The Balaban J connectivity index is 2.60. The van der Waals surface area contributed by atoms with Crippen LogP contribution in [0.25, 0.3) is 10.8 Å². The highest BCUT2D eigenvalue weighted by atomic mass is 16.1. The van der Waals surface area contributed by atoms with Crippen LogP contribution in [0.4, 0.5) is 0 Å². The Bertz CT molecular complexity index is 531. The Morgan fingerprint density at radius 1 is 1.47 bits per heavy atom. The quantitative estimate of drug-likeness (QED) is 0.783. The van der Waals surface area contributed by atoms with Crippen LogP contribution in [0, 0.1) is 0 Å². The summed E-state index contributed by atoms with van der Waals surface area (Å²) >= 11 is 0. The molecule has 0 aliphatic carbocycles. The first-order valence-corrected chi connectivity index (χ1v) is 4.89. The molecule has 1 atom stereocenters. The summed E-state index contributed by atoms with van der Waals surface area (Å²) in [6.45, 7) is 2.30. The van der Waals surface area contributed by atoms with Gasteiger partial charge in [0.15, 0.2) is 0 Å². The molecule has 0 spiro atoms. The third kappa shape index (κ3) is 1.89. The largest absolute Gasteiger partial charge is 0.326 e. The summed E-state index contributed by atoms with van der Waals surface area (Å²) in [5.41, 5.74) is 5.56. The minimum atomic E-state index is -0.0783. The molecule has 0 bridgehead atoms. The van der Waals surface area contributed by atoms with Gasteiger partial charge in [-0.15, -0.1) is 0 Å². The molecule has 0 aliphatic rings. The van der Waals surface area contributed by atoms with Crippen LogP contribution in [0.2, 0.25) is 0 Å². The van der Waals surface area contributed by atoms with E-state index in [9.17, 15) is 4.79 Å². The third-order valence-corrected chi connectivity index (χ3v) is 2.22. The number of rotatable bonds is 2. The molecule has 0 fully saturated rings. The third-order valence-electron chi connectivity index (χ3n) is 2.22. The molecule has 0 unspecified atom stereocenters. The van der Waals surface area contributed by atoms with E-state index in [0.29, 0.717) is 11.9 Å². The lowest BCUT2D eigenvalue weighted by atomic mass is 10.2. The van der Waals surface area contributed by atoms with Crippen LogP contribution < -0.4 is 11.3 Å². The molecule has 0 amide bonds. The predicted molar refractivity (Wildman–Crippen MR) is 59.7 cm³/mol. The van der Waals surface area contributed by atoms with Gasteiger partial charge in [0.1, 0.15) is 0 Å². The lowest BCUT2D eigenvalue weighted by Crippen LogP contribution is -2.31. The fraction of sp³-hybridized carbons (Fsp3) is 0.273. The van der Waals surface area contributed by atoms with Gasteiger partial charge in [0.25, 0.3) is 5.56 Å². The van der Waals surface area contributed by atoms with Gasteiger partial charge in [-0.2, -0.15) is 5.10 Å². The van der Waals surface area contributed by atoms with Gasteiger partial charge in [0, 0.05) is 11.4 Å². The molecule has 4 heteroatoms. The maximum absolute atomic E-state index is 11.9. The van der Waals surface area contributed by atoms with Crippen LogP contribution in [-0.2, 0) is 6.54 Å². The first kappa shape index (κ1) is 9.86. The fourth-order valence-corrected chi connectivity index (χ4v) is 1.53. The monoisotopic (exact) mass is 203 g/mol. The Kier molecular flexibility index (Phi) is 2.51. The highest BCUT2D eigenvalue weighted by Gasteiger charge is 2.04. The summed E-state index contributed by atoms with van der Waals surface area (Å²) in [5.74, 6) is 0. The number of nitrogens with two attached hydrogens (primary N) is 1. The zero-order valence-electron chi connectivity index (χ0n) is 8.55. The van der Waals surface area contributed by atoms with Gasteiger partial charge >= 0.3 is 0 Å². The second kappa shape index (κ2) is 3.82. The van der Waals surface area contributed by atoms with Crippen LogP contribution in [0.1, 0.15) is 6.92 Å². The summed E-state index contributed by atoms with van der Waals surface area (Å²) < 4.78 is 1.41. The van der Waals surface area contributed by atoms with E-state index in [1.807, 2.05) is 25.1 Å². The van der Waals surface area contributed by atoms with Crippen LogP contribution in [0.3, 0.4) is 0 Å². The molecule has 0 saturated carbocycles. The summed E-state index contributed by atoms with van der Waals surface area (Å²) in [5, 5.41) is 5.62. The van der Waals surface area contributed by atoms with Gasteiger partial charge in [-0.25, -0.2) is 4.68 Å². The minimum Gasteiger partial charge on any atom is -0.326 e. The molecular weight excluding hydrogens is 190 g/mol. The molecule has 1 aromatic carbocycles. The van der Waals surface area contributed by atoms with E-state index >= 15 is 0 Å². The smallest absolute Gasteiger partial charge is 0.274 e. The van der Waals surface area contributed by atoms with E-state index in [0.717, 1.165) is 5.39 Å². The molecule has 0 radical (unpaired) electrons. The van der Waals surface area contributed by atoms with Crippen LogP contribution in [0.5, 0.6) is 0 Å². The standard InChI is InChI=1S/C11H13N3O/c1-8(12)7-14-11(15)10-5-3-2-4-9(10)6-13-14/h2-6,8H,7,12H2,1H3/t8-/m1/s1. The van der Waals surface area contributed by atoms with E-state index in [2.05, 4.69) is 5.10 Å². The van der Waals surface area contributed by atoms with Crippen molar-refractivity contribution in [3.05, 3.63) is 40.8 Å². The molecule has 2 rings (SSSR count). The van der Waals surface area contributed by atoms with Crippen molar-refractivity contribution < 1.29 is 0 Å². The molecule has 1 heterocycles. The number of nitrogens with zero attached hydrogens (tertiary/aromatic N) is 2. The SMILES string of the molecule is C[C@@H](N)Cn1ncc2ccccc2c1=O. The van der Waals surface area contributed by atoms with Crippen molar-refractivity contribution in [1.82, 2.24) is 9.78 Å². The zero-order chi connectivity index (χ0) is 10.8. The number of aromatic nitrogens is 2. The first-order valence-electron chi connectivity index (χ1n) is 4.89. The Morgan fingerprint density at radius 3 is 2.93 bits per heavy atom. The molecule has 2 N–H and O–H groups in total. The van der Waals surface area contributed by atoms with Crippen molar-refractivity contribution >= 4 is 10.8 Å². The van der Waals surface area contributed by atoms with Gasteiger partial charge in [0.05, 0.1) is 18.1 Å². The molecule has 2 aromatic rings. The number of fused-ring (bicyclic) bond motifs is 1. The number of hydrogen-bond donors (Lipinski definition) is 1. The second-order valence-electron chi connectivity index (χ2n) is 3.70. The molecule has 1 aromatic heterocycles. The van der Waals surface area contributed by atoms with E-state index in [1.54, 1.807) is 12.3 Å². The molecule has 78 valence electrons. The van der Waals surface area contributed by atoms with Crippen molar-refractivity contribution in [3.8, 4) is 0 Å². The Labute approximate surface area is 87.3 Å². The number of benzene rings is 1. The topological polar surface area (TPSA) is 60.9 Å². The average Bonchev–Trinajstić information content (AvgIpc) is 2.22. The molecule has 15 heavy (non-hydrogen) atoms. The summed E-state index contributed by atoms with van der Waals surface area (Å²) in [6, 6.07) is 7.34. The highest BCUT2D eigenvalue weighted by Crippen LogP contribution is 2.06. The minimum absolute atomic E-state index is 0.0728. The first-order chi connectivity index (χ1) is 7.18. The van der Waals surface area contributed by atoms with Gasteiger partial charge in [-0.3, -0.25) is 4.79 Å². The molecule has 4 nitrogen and oxygen atoms in total. The Hall–Kier alpha value is -1.68. The van der Waals surface area contributed by atoms with E-state index in [4.69, 9.17) is 5.73 Å². The van der Waals surface area contributed by atoms with Crippen molar-refractivity contribution in [2.24, 2.45) is 5.73 Å². The van der Waals surface area contributed by atoms with E-state index < -0.39 is 0 Å². The van der Waals surface area contributed by atoms with Gasteiger partial charge in [-0.05, 0) is 13.0 Å². The average molecular weight is 203 g/mol. The van der Waals surface area contributed by atoms with Crippen LogP contribution in [0.15, 0.2) is 35.3 Å². The van der Waals surface area contributed by atoms with Crippen molar-refractivity contribution in [2.45, 2.75) is 19.5 Å². The maximum Gasteiger partial charge on any atom is 0.274 e. The summed E-state index contributed by atoms with van der Waals surface area (Å²) in [6.07, 6.45) is 1.69. The van der Waals surface area contributed by atoms with E-state index in [-0.39, 0.29) is 11.6 Å². The normalized spacial score (nSPS) is 12.9. The lowest BCUT2D eigenvalue weighted by molar-refractivity contribution is 0.518. The van der Waals surface area contributed by atoms with Gasteiger partial charge < -0.3 is 5.73 Å². The second-order valence-corrected chi connectivity index (χ2v) is 3.70. The summed E-state index contributed by atoms with van der Waals surface area (Å²) in [7, 11) is 0. The maximum atomic E-state index is 11.9. The number of hydrogen-bond acceptors (Lipinski definition) is 3. The summed E-state index contributed by atoms with van der Waals surface area (Å²) in [4.78, 5) is 11.9. The molecule has 0 saturated heterocycles. The lowest BCUT2D eigenvalue weighted by Gasteiger charge is -2.07. The highest BCUT2D eigenvalue weighted by molar-refractivity contribution is 5.80. The van der Waals surface area contributed by atoms with Crippen molar-refractivity contribution in [2.75, 3.05) is 0 Å². The van der Waals surface area contributed by atoms with Crippen molar-refractivity contribution in [3.63, 3.8) is 0 Å². The van der Waals surface area contributed by atoms with E-state index in [1.165, 1.54) is 4.68 Å².